The fourth-order valence-corrected chi connectivity index (χ4v) is 1.49. The number of hydrogen-bond donors (Lipinski definition) is 0. The van der Waals surface area contributed by atoms with Crippen molar-refractivity contribution in [2.24, 2.45) is 0 Å². The Balaban J connectivity index is 3.84. The third-order valence-electron chi connectivity index (χ3n) is 2.49. The van der Waals surface area contributed by atoms with Crippen LogP contribution in [0.5, 0.6) is 0 Å². The topological polar surface area (TPSA) is 46.6 Å². The molecule has 0 N–H and O–H groups in total. The number of rotatable bonds is 7. The van der Waals surface area contributed by atoms with Crippen LogP contribution in [0.1, 0.15) is 59.8 Å². The molecule has 0 aromatic rings. The molecule has 0 saturated carbocycles. The highest BCUT2D eigenvalue weighted by Crippen LogP contribution is 2.09. The summed E-state index contributed by atoms with van der Waals surface area (Å²) in [6, 6.07) is 0. The van der Waals surface area contributed by atoms with Gasteiger partial charge in [-0.2, -0.15) is 0 Å². The second-order valence-corrected chi connectivity index (χ2v) is 5.61. The third-order valence-corrected chi connectivity index (χ3v) is 2.49. The van der Waals surface area contributed by atoms with E-state index in [-0.39, 0.29) is 18.3 Å². The molecule has 0 heterocycles. The zero-order valence-corrected chi connectivity index (χ0v) is 12.4. The maximum Gasteiger partial charge on any atom is 0.308 e. The lowest BCUT2D eigenvalue weighted by Gasteiger charge is -2.21. The molecule has 0 fully saturated rings. The van der Waals surface area contributed by atoms with Crippen LogP contribution in [0.4, 0.5) is 0 Å². The van der Waals surface area contributed by atoms with Gasteiger partial charge < -0.3 is 9.64 Å². The number of esters is 1. The standard InChI is InChI=1S/C14H27NO3/c1-6-7-8-9-12(16)15(5)11-10-13(17)18-14(2,3)4/h6-11H2,1-5H3. The Hall–Kier alpha value is -1.06. The summed E-state index contributed by atoms with van der Waals surface area (Å²) in [6.07, 6.45) is 3.93. The minimum absolute atomic E-state index is 0.104. The number of amides is 1. The largest absolute Gasteiger partial charge is 0.460 e. The fourth-order valence-electron chi connectivity index (χ4n) is 1.49. The molecular formula is C14H27NO3. The van der Waals surface area contributed by atoms with Crippen molar-refractivity contribution in [1.82, 2.24) is 4.90 Å². The van der Waals surface area contributed by atoms with Gasteiger partial charge in [-0.25, -0.2) is 0 Å². The van der Waals surface area contributed by atoms with Crippen molar-refractivity contribution in [2.45, 2.75) is 65.4 Å². The molecule has 4 heteroatoms. The minimum Gasteiger partial charge on any atom is -0.460 e. The molecule has 0 aromatic heterocycles. The van der Waals surface area contributed by atoms with Crippen LogP contribution in [0.25, 0.3) is 0 Å². The van der Waals surface area contributed by atoms with E-state index < -0.39 is 5.60 Å². The number of carbonyl (C=O) groups excluding carboxylic acids is 2. The second kappa shape index (κ2) is 8.11. The molecule has 0 bridgehead atoms. The van der Waals surface area contributed by atoms with Crippen LogP contribution in [0.2, 0.25) is 0 Å². The van der Waals surface area contributed by atoms with Gasteiger partial charge in [0.25, 0.3) is 0 Å². The van der Waals surface area contributed by atoms with Gasteiger partial charge >= 0.3 is 5.97 Å². The minimum atomic E-state index is -0.458. The van der Waals surface area contributed by atoms with Gasteiger partial charge in [-0.05, 0) is 27.2 Å². The van der Waals surface area contributed by atoms with Crippen molar-refractivity contribution in [1.29, 1.82) is 0 Å². The lowest BCUT2D eigenvalue weighted by Crippen LogP contribution is -2.31. The van der Waals surface area contributed by atoms with E-state index >= 15 is 0 Å². The average Bonchev–Trinajstić information content (AvgIpc) is 2.23. The Kier molecular flexibility index (Phi) is 7.64. The lowest BCUT2D eigenvalue weighted by molar-refractivity contribution is -0.155. The molecule has 0 unspecified atom stereocenters. The Bertz CT molecular complexity index is 269. The van der Waals surface area contributed by atoms with E-state index in [1.807, 2.05) is 20.8 Å². The Morgan fingerprint density at radius 1 is 1.11 bits per heavy atom. The number of hydrogen-bond acceptors (Lipinski definition) is 3. The highest BCUT2D eigenvalue weighted by molar-refractivity contribution is 5.77. The summed E-state index contributed by atoms with van der Waals surface area (Å²) in [6.45, 7) is 8.05. The highest BCUT2D eigenvalue weighted by Gasteiger charge is 2.17. The van der Waals surface area contributed by atoms with E-state index in [1.165, 1.54) is 0 Å². The number of ether oxygens (including phenoxy) is 1. The molecule has 0 saturated heterocycles. The zero-order chi connectivity index (χ0) is 14.2. The number of nitrogens with zero attached hydrogens (tertiary/aromatic N) is 1. The molecule has 0 rings (SSSR count). The van der Waals surface area contributed by atoms with Gasteiger partial charge in [0.05, 0.1) is 6.42 Å². The Morgan fingerprint density at radius 2 is 1.72 bits per heavy atom. The molecule has 0 aliphatic heterocycles. The van der Waals surface area contributed by atoms with Crippen molar-refractivity contribution < 1.29 is 14.3 Å². The van der Waals surface area contributed by atoms with Crippen molar-refractivity contribution in [3.05, 3.63) is 0 Å². The summed E-state index contributed by atoms with van der Waals surface area (Å²) < 4.78 is 5.19. The predicted molar refractivity (Wildman–Crippen MR) is 72.2 cm³/mol. The summed E-state index contributed by atoms with van der Waals surface area (Å²) in [5, 5.41) is 0. The molecule has 0 aliphatic rings. The van der Waals surface area contributed by atoms with Crippen LogP contribution in [-0.2, 0) is 14.3 Å². The van der Waals surface area contributed by atoms with Crippen molar-refractivity contribution in [3.8, 4) is 0 Å². The van der Waals surface area contributed by atoms with Gasteiger partial charge in [-0.15, -0.1) is 0 Å². The molecule has 0 aliphatic carbocycles. The molecule has 0 atom stereocenters. The first kappa shape index (κ1) is 16.9. The Labute approximate surface area is 111 Å². The summed E-state index contributed by atoms with van der Waals surface area (Å²) in [5.74, 6) is -0.150. The lowest BCUT2D eigenvalue weighted by atomic mass is 10.2. The molecule has 106 valence electrons. The van der Waals surface area contributed by atoms with Gasteiger partial charge in [0.1, 0.15) is 5.60 Å². The maximum absolute atomic E-state index is 11.7. The molecule has 0 aromatic carbocycles. The monoisotopic (exact) mass is 257 g/mol. The highest BCUT2D eigenvalue weighted by atomic mass is 16.6. The van der Waals surface area contributed by atoms with Gasteiger partial charge in [0.15, 0.2) is 0 Å². The van der Waals surface area contributed by atoms with Gasteiger partial charge in [-0.1, -0.05) is 19.8 Å². The zero-order valence-electron chi connectivity index (χ0n) is 12.4. The second-order valence-electron chi connectivity index (χ2n) is 5.61. The molecule has 0 spiro atoms. The van der Waals surface area contributed by atoms with E-state index in [1.54, 1.807) is 11.9 Å². The molecule has 0 radical (unpaired) electrons. The normalized spacial score (nSPS) is 11.2. The maximum atomic E-state index is 11.7. The predicted octanol–water partition coefficient (Wildman–Crippen LogP) is 2.76. The molecule has 1 amide bonds. The van der Waals surface area contributed by atoms with E-state index in [9.17, 15) is 9.59 Å². The van der Waals surface area contributed by atoms with E-state index in [2.05, 4.69) is 6.92 Å². The third kappa shape index (κ3) is 9.02. The number of carbonyl (C=O) groups is 2. The first-order valence-corrected chi connectivity index (χ1v) is 6.72. The first-order chi connectivity index (χ1) is 8.26. The smallest absolute Gasteiger partial charge is 0.308 e. The van der Waals surface area contributed by atoms with Crippen LogP contribution < -0.4 is 0 Å². The van der Waals surface area contributed by atoms with E-state index in [0.29, 0.717) is 13.0 Å². The SMILES string of the molecule is CCCCCC(=O)N(C)CCC(=O)OC(C)(C)C. The summed E-state index contributed by atoms with van der Waals surface area (Å²) in [5.41, 5.74) is -0.458. The first-order valence-electron chi connectivity index (χ1n) is 6.72. The van der Waals surface area contributed by atoms with Crippen LogP contribution in [0.15, 0.2) is 0 Å². The summed E-state index contributed by atoms with van der Waals surface area (Å²) in [7, 11) is 1.73. The van der Waals surface area contributed by atoms with Crippen molar-refractivity contribution >= 4 is 11.9 Å². The molecule has 4 nitrogen and oxygen atoms in total. The van der Waals surface area contributed by atoms with Gasteiger partial charge in [0.2, 0.25) is 5.91 Å². The quantitative estimate of drug-likeness (QED) is 0.520. The van der Waals surface area contributed by atoms with Crippen LogP contribution in [-0.4, -0.2) is 36.0 Å². The molecule has 18 heavy (non-hydrogen) atoms. The van der Waals surface area contributed by atoms with Gasteiger partial charge in [-0.3, -0.25) is 9.59 Å². The van der Waals surface area contributed by atoms with Gasteiger partial charge in [0, 0.05) is 20.0 Å². The van der Waals surface area contributed by atoms with E-state index in [4.69, 9.17) is 4.74 Å². The van der Waals surface area contributed by atoms with Crippen molar-refractivity contribution in [3.63, 3.8) is 0 Å². The van der Waals surface area contributed by atoms with Crippen LogP contribution in [0.3, 0.4) is 0 Å². The summed E-state index contributed by atoms with van der Waals surface area (Å²) >= 11 is 0. The van der Waals surface area contributed by atoms with E-state index in [0.717, 1.165) is 19.3 Å². The fraction of sp³-hybridized carbons (Fsp3) is 0.857. The number of unbranched alkanes of at least 4 members (excludes halogenated alkanes) is 2. The molecular weight excluding hydrogens is 230 g/mol. The van der Waals surface area contributed by atoms with Crippen molar-refractivity contribution in [2.75, 3.05) is 13.6 Å². The van der Waals surface area contributed by atoms with Crippen LogP contribution >= 0.6 is 0 Å². The van der Waals surface area contributed by atoms with Crippen LogP contribution in [0, 0.1) is 0 Å². The Morgan fingerprint density at radius 3 is 2.22 bits per heavy atom. The average molecular weight is 257 g/mol. The summed E-state index contributed by atoms with van der Waals surface area (Å²) in [4.78, 5) is 24.8.